The predicted molar refractivity (Wildman–Crippen MR) is 37.7 cm³/mol. The van der Waals surface area contributed by atoms with Crippen LogP contribution in [0.4, 0.5) is 0 Å². The summed E-state index contributed by atoms with van der Waals surface area (Å²) in [5.74, 6) is 0. The highest BCUT2D eigenvalue weighted by Gasteiger charge is 1.69. The van der Waals surface area contributed by atoms with Gasteiger partial charge in [-0.05, 0) is 19.5 Å². The van der Waals surface area contributed by atoms with Gasteiger partial charge < -0.3 is 5.32 Å². The Kier molecular flexibility index (Phi) is 6.16. The molecule has 0 aromatic rings. The van der Waals surface area contributed by atoms with Crippen LogP contribution in [0.15, 0.2) is 12.3 Å². The van der Waals surface area contributed by atoms with E-state index in [0.29, 0.717) is 0 Å². The summed E-state index contributed by atoms with van der Waals surface area (Å²) < 4.78 is 0. The molecule has 0 amide bonds. The largest absolute Gasteiger partial charge is 0.391 e. The van der Waals surface area contributed by atoms with E-state index in [1.54, 1.807) is 0 Å². The molecule has 0 atom stereocenters. The van der Waals surface area contributed by atoms with Gasteiger partial charge in [-0.25, -0.2) is 0 Å². The summed E-state index contributed by atoms with van der Waals surface area (Å²) >= 11 is 0. The molecular weight excluding hydrogens is 98.1 g/mol. The second-order valence-corrected chi connectivity index (χ2v) is 1.75. The number of hydrogen-bond donors (Lipinski definition) is 1. The summed E-state index contributed by atoms with van der Waals surface area (Å²) in [7, 11) is 0. The molecule has 0 fully saturated rings. The molecule has 8 heavy (non-hydrogen) atoms. The van der Waals surface area contributed by atoms with Crippen molar-refractivity contribution in [3.05, 3.63) is 12.3 Å². The molecule has 0 aliphatic rings. The number of unbranched alkanes of at least 4 members (excludes halogenated alkanes) is 1. The van der Waals surface area contributed by atoms with E-state index in [0.717, 1.165) is 6.54 Å². The summed E-state index contributed by atoms with van der Waals surface area (Å²) in [5.41, 5.74) is 0. The maximum absolute atomic E-state index is 3.10. The normalized spacial score (nSPS) is 10.2. The molecule has 1 heteroatoms. The standard InChI is InChI=1S/C7H15N/c1-3-5-6-7-8-4-2/h6-8H,3-5H2,1-2H3/b7-6+. The highest BCUT2D eigenvalue weighted by molar-refractivity contribution is 4.77. The van der Waals surface area contributed by atoms with Crippen LogP contribution in [0.25, 0.3) is 0 Å². The van der Waals surface area contributed by atoms with Crippen molar-refractivity contribution in [3.8, 4) is 0 Å². The molecule has 0 spiro atoms. The Labute approximate surface area is 51.8 Å². The van der Waals surface area contributed by atoms with Gasteiger partial charge >= 0.3 is 0 Å². The van der Waals surface area contributed by atoms with E-state index in [1.165, 1.54) is 12.8 Å². The average molecular weight is 113 g/mol. The molecule has 0 aromatic carbocycles. The minimum absolute atomic E-state index is 1.03. The van der Waals surface area contributed by atoms with E-state index < -0.39 is 0 Å². The molecular formula is C7H15N. The molecule has 0 aliphatic heterocycles. The zero-order valence-electron chi connectivity index (χ0n) is 5.78. The van der Waals surface area contributed by atoms with Crippen LogP contribution in [0.3, 0.4) is 0 Å². The molecule has 0 rings (SSSR count). The van der Waals surface area contributed by atoms with Crippen LogP contribution in [0.5, 0.6) is 0 Å². The zero-order chi connectivity index (χ0) is 6.24. The lowest BCUT2D eigenvalue weighted by Gasteiger charge is -1.89. The van der Waals surface area contributed by atoms with E-state index in [4.69, 9.17) is 0 Å². The second-order valence-electron chi connectivity index (χ2n) is 1.75. The lowest BCUT2D eigenvalue weighted by atomic mass is 10.3. The van der Waals surface area contributed by atoms with Gasteiger partial charge in [-0.2, -0.15) is 0 Å². The van der Waals surface area contributed by atoms with Gasteiger partial charge in [0.15, 0.2) is 0 Å². The Morgan fingerprint density at radius 3 is 2.62 bits per heavy atom. The second kappa shape index (κ2) is 6.54. The summed E-state index contributed by atoms with van der Waals surface area (Å²) in [4.78, 5) is 0. The maximum atomic E-state index is 3.10. The number of hydrogen-bond acceptors (Lipinski definition) is 1. The van der Waals surface area contributed by atoms with Crippen LogP contribution < -0.4 is 5.32 Å². The van der Waals surface area contributed by atoms with Crippen molar-refractivity contribution in [3.63, 3.8) is 0 Å². The van der Waals surface area contributed by atoms with Gasteiger partial charge in [0, 0.05) is 6.54 Å². The smallest absolute Gasteiger partial charge is 0.0112 e. The monoisotopic (exact) mass is 113 g/mol. The Hall–Kier alpha value is -0.460. The quantitative estimate of drug-likeness (QED) is 0.587. The number of nitrogens with one attached hydrogen (secondary N) is 1. The summed E-state index contributed by atoms with van der Waals surface area (Å²) in [6.45, 7) is 5.30. The van der Waals surface area contributed by atoms with Crippen molar-refractivity contribution in [1.82, 2.24) is 5.32 Å². The van der Waals surface area contributed by atoms with Gasteiger partial charge in [-0.15, -0.1) is 0 Å². The first-order valence-electron chi connectivity index (χ1n) is 3.30. The highest BCUT2D eigenvalue weighted by Crippen LogP contribution is 1.85. The van der Waals surface area contributed by atoms with Crippen molar-refractivity contribution < 1.29 is 0 Å². The Bertz CT molecular complexity index is 49.4. The van der Waals surface area contributed by atoms with E-state index in [9.17, 15) is 0 Å². The van der Waals surface area contributed by atoms with Crippen molar-refractivity contribution in [2.24, 2.45) is 0 Å². The van der Waals surface area contributed by atoms with Crippen LogP contribution in [0, 0.1) is 0 Å². The lowest BCUT2D eigenvalue weighted by Crippen LogP contribution is -2.00. The first kappa shape index (κ1) is 7.54. The van der Waals surface area contributed by atoms with Crippen molar-refractivity contribution in [1.29, 1.82) is 0 Å². The Balaban J connectivity index is 2.83. The fourth-order valence-corrected chi connectivity index (χ4v) is 0.451. The molecule has 1 N–H and O–H groups in total. The van der Waals surface area contributed by atoms with Gasteiger partial charge in [0.05, 0.1) is 0 Å². The highest BCUT2D eigenvalue weighted by atomic mass is 14.8. The molecule has 1 nitrogen and oxygen atoms in total. The molecule has 0 saturated heterocycles. The third-order valence-electron chi connectivity index (χ3n) is 0.895. The number of rotatable bonds is 4. The van der Waals surface area contributed by atoms with E-state index in [1.807, 2.05) is 6.20 Å². The molecule has 0 aliphatic carbocycles. The fraction of sp³-hybridized carbons (Fsp3) is 0.714. The molecule has 0 bridgehead atoms. The maximum Gasteiger partial charge on any atom is 0.0112 e. The van der Waals surface area contributed by atoms with Crippen molar-refractivity contribution in [2.75, 3.05) is 6.54 Å². The van der Waals surface area contributed by atoms with Crippen molar-refractivity contribution in [2.45, 2.75) is 26.7 Å². The molecule has 0 heterocycles. The van der Waals surface area contributed by atoms with Crippen LogP contribution >= 0.6 is 0 Å². The molecule has 0 saturated carbocycles. The third kappa shape index (κ3) is 5.54. The molecule has 0 unspecified atom stereocenters. The predicted octanol–water partition coefficient (Wildman–Crippen LogP) is 1.91. The van der Waals surface area contributed by atoms with Gasteiger partial charge in [-0.3, -0.25) is 0 Å². The zero-order valence-corrected chi connectivity index (χ0v) is 5.78. The topological polar surface area (TPSA) is 12.0 Å². The van der Waals surface area contributed by atoms with Crippen LogP contribution in [0.2, 0.25) is 0 Å². The summed E-state index contributed by atoms with van der Waals surface area (Å²) in [6, 6.07) is 0. The van der Waals surface area contributed by atoms with E-state index in [-0.39, 0.29) is 0 Å². The fourth-order valence-electron chi connectivity index (χ4n) is 0.451. The first-order valence-corrected chi connectivity index (χ1v) is 3.30. The van der Waals surface area contributed by atoms with E-state index in [2.05, 4.69) is 25.2 Å². The minimum atomic E-state index is 1.03. The van der Waals surface area contributed by atoms with Crippen LogP contribution in [0.1, 0.15) is 26.7 Å². The average Bonchev–Trinajstić information content (AvgIpc) is 1.81. The van der Waals surface area contributed by atoms with Gasteiger partial charge in [0.2, 0.25) is 0 Å². The number of allylic oxidation sites excluding steroid dienone is 1. The van der Waals surface area contributed by atoms with Gasteiger partial charge in [0.1, 0.15) is 0 Å². The first-order chi connectivity index (χ1) is 3.91. The van der Waals surface area contributed by atoms with Crippen molar-refractivity contribution >= 4 is 0 Å². The minimum Gasteiger partial charge on any atom is -0.391 e. The van der Waals surface area contributed by atoms with Gasteiger partial charge in [-0.1, -0.05) is 19.4 Å². The summed E-state index contributed by atoms with van der Waals surface area (Å²) in [6.07, 6.45) is 6.60. The summed E-state index contributed by atoms with van der Waals surface area (Å²) in [5, 5.41) is 3.10. The molecule has 0 radical (unpaired) electrons. The van der Waals surface area contributed by atoms with Crippen LogP contribution in [-0.4, -0.2) is 6.54 Å². The molecule has 48 valence electrons. The lowest BCUT2D eigenvalue weighted by molar-refractivity contribution is 0.892. The third-order valence-corrected chi connectivity index (χ3v) is 0.895. The molecule has 0 aromatic heterocycles. The van der Waals surface area contributed by atoms with Crippen LogP contribution in [-0.2, 0) is 0 Å². The van der Waals surface area contributed by atoms with E-state index >= 15 is 0 Å². The van der Waals surface area contributed by atoms with Gasteiger partial charge in [0.25, 0.3) is 0 Å². The Morgan fingerprint density at radius 2 is 2.12 bits per heavy atom. The Morgan fingerprint density at radius 1 is 1.38 bits per heavy atom. The SMILES string of the molecule is CCC/C=C/NCC.